The summed E-state index contributed by atoms with van der Waals surface area (Å²) in [5.74, 6) is 1.65. The number of fused-ring (bicyclic) bond motifs is 8. The minimum atomic E-state index is -0.534. The van der Waals surface area contributed by atoms with Gasteiger partial charge >= 0.3 is 0 Å². The van der Waals surface area contributed by atoms with Crippen LogP contribution >= 0.6 is 0 Å². The molecule has 2 nitrogen and oxygen atoms in total. The second-order valence-electron chi connectivity index (χ2n) is 16.4. The molecule has 0 radical (unpaired) electrons. The van der Waals surface area contributed by atoms with Gasteiger partial charge in [0.25, 0.3) is 0 Å². The molecule has 63 heavy (non-hydrogen) atoms. The van der Waals surface area contributed by atoms with E-state index in [1.54, 1.807) is 0 Å². The number of hydrogen-bond donors (Lipinski definition) is 0. The third-order valence-electron chi connectivity index (χ3n) is 13.0. The van der Waals surface area contributed by atoms with Crippen LogP contribution in [-0.2, 0) is 5.41 Å². The number of hydrogen-bond acceptors (Lipinski definition) is 2. The summed E-state index contributed by atoms with van der Waals surface area (Å²) in [4.78, 5) is 2.39. The Bertz CT molecular complexity index is 3250. The van der Waals surface area contributed by atoms with Crippen molar-refractivity contribution in [3.05, 3.63) is 271 Å². The molecular formula is C61H41NO. The monoisotopic (exact) mass is 803 g/mol. The lowest BCUT2D eigenvalue weighted by atomic mass is 9.67. The first-order valence-corrected chi connectivity index (χ1v) is 21.7. The zero-order chi connectivity index (χ0) is 41.7. The molecule has 0 saturated heterocycles. The van der Waals surface area contributed by atoms with Crippen molar-refractivity contribution in [3.8, 4) is 67.1 Å². The third kappa shape index (κ3) is 5.95. The van der Waals surface area contributed by atoms with Crippen LogP contribution in [0, 0.1) is 0 Å². The van der Waals surface area contributed by atoms with E-state index in [-0.39, 0.29) is 0 Å². The molecule has 1 aliphatic carbocycles. The van der Waals surface area contributed by atoms with E-state index in [1.807, 2.05) is 0 Å². The first-order valence-electron chi connectivity index (χ1n) is 21.7. The van der Waals surface area contributed by atoms with Gasteiger partial charge in [-0.15, -0.1) is 0 Å². The van der Waals surface area contributed by atoms with Gasteiger partial charge in [-0.3, -0.25) is 0 Å². The molecule has 0 N–H and O–H groups in total. The fraction of sp³-hybridized carbons (Fsp3) is 0.0164. The molecule has 2 heteroatoms. The topological polar surface area (TPSA) is 12.5 Å². The average Bonchev–Trinajstić information content (AvgIpc) is 3.57. The van der Waals surface area contributed by atoms with Crippen molar-refractivity contribution in [1.82, 2.24) is 0 Å². The molecule has 0 spiro atoms. The Hall–Kier alpha value is -8.20. The number of ether oxygens (including phenoxy) is 1. The number of rotatable bonds is 7. The lowest BCUT2D eigenvalue weighted by Crippen LogP contribution is -2.28. The summed E-state index contributed by atoms with van der Waals surface area (Å²) >= 11 is 0. The normalized spacial score (nSPS) is 12.7. The fourth-order valence-electron chi connectivity index (χ4n) is 10.2. The Morgan fingerprint density at radius 3 is 1.46 bits per heavy atom. The van der Waals surface area contributed by atoms with Gasteiger partial charge in [0.2, 0.25) is 0 Å². The van der Waals surface area contributed by atoms with Crippen molar-refractivity contribution in [2.75, 3.05) is 4.90 Å². The van der Waals surface area contributed by atoms with E-state index in [0.29, 0.717) is 0 Å². The van der Waals surface area contributed by atoms with Crippen molar-refractivity contribution < 1.29 is 4.74 Å². The third-order valence-corrected chi connectivity index (χ3v) is 13.0. The zero-order valence-corrected chi connectivity index (χ0v) is 34.5. The van der Waals surface area contributed by atoms with Crippen molar-refractivity contribution in [3.63, 3.8) is 0 Å². The van der Waals surface area contributed by atoms with Crippen LogP contribution in [0.25, 0.3) is 55.6 Å². The van der Waals surface area contributed by atoms with E-state index < -0.39 is 5.41 Å². The lowest BCUT2D eigenvalue weighted by molar-refractivity contribution is 0.488. The minimum absolute atomic E-state index is 0.534. The Morgan fingerprint density at radius 1 is 0.286 bits per heavy atom. The zero-order valence-electron chi connectivity index (χ0n) is 34.5. The van der Waals surface area contributed by atoms with Gasteiger partial charge in [-0.25, -0.2) is 0 Å². The molecule has 0 atom stereocenters. The van der Waals surface area contributed by atoms with E-state index in [0.717, 1.165) is 61.9 Å². The Morgan fingerprint density at radius 2 is 0.778 bits per heavy atom. The molecule has 0 saturated carbocycles. The Kier molecular flexibility index (Phi) is 8.76. The van der Waals surface area contributed by atoms with E-state index in [1.165, 1.54) is 44.5 Å². The Labute approximate surface area is 368 Å². The predicted octanol–water partition coefficient (Wildman–Crippen LogP) is 16.3. The maximum absolute atomic E-state index is 7.13. The van der Waals surface area contributed by atoms with Gasteiger partial charge in [-0.05, 0) is 109 Å². The maximum atomic E-state index is 7.13. The first kappa shape index (κ1) is 36.6. The lowest BCUT2D eigenvalue weighted by Gasteiger charge is -2.35. The number of nitrogens with zero attached hydrogens (tertiary/aromatic N) is 1. The second-order valence-corrected chi connectivity index (χ2v) is 16.4. The van der Waals surface area contributed by atoms with Crippen LogP contribution in [0.2, 0.25) is 0 Å². The minimum Gasteiger partial charge on any atom is -0.456 e. The van der Waals surface area contributed by atoms with Crippen LogP contribution in [0.4, 0.5) is 17.1 Å². The van der Waals surface area contributed by atoms with Gasteiger partial charge in [0.05, 0.1) is 5.41 Å². The van der Waals surface area contributed by atoms with Crippen LogP contribution in [0.5, 0.6) is 11.5 Å². The average molecular weight is 804 g/mol. The number of anilines is 3. The molecule has 0 amide bonds. The standard InChI is InChI=1S/C61H41NO/c1-5-18-42(19-6-1)43-32-34-47(35-33-43)62(48-36-38-53-52-27-15-16-30-56(52)61(57(53)40-48,45-22-9-3-10-23-45)46-24-11-4-12-25-46)49-37-39-54-51-26-13-14-28-55(51)60-50(44-20-7-2-8-21-44)29-17-31-58(60)63-59(54)41-49/h1-41H. The van der Waals surface area contributed by atoms with Gasteiger partial charge in [-0.2, -0.15) is 0 Å². The first-order chi connectivity index (χ1) is 31.3. The van der Waals surface area contributed by atoms with Crippen LogP contribution in [0.3, 0.4) is 0 Å². The van der Waals surface area contributed by atoms with Gasteiger partial charge in [0.15, 0.2) is 0 Å². The maximum Gasteiger partial charge on any atom is 0.137 e. The van der Waals surface area contributed by atoms with Crippen LogP contribution in [0.1, 0.15) is 22.3 Å². The molecule has 12 rings (SSSR count). The molecule has 1 heterocycles. The van der Waals surface area contributed by atoms with Crippen LogP contribution < -0.4 is 9.64 Å². The van der Waals surface area contributed by atoms with E-state index >= 15 is 0 Å². The van der Waals surface area contributed by atoms with Gasteiger partial charge in [-0.1, -0.05) is 200 Å². The molecule has 296 valence electrons. The molecule has 1 aliphatic heterocycles. The van der Waals surface area contributed by atoms with Crippen molar-refractivity contribution >= 4 is 17.1 Å². The molecule has 10 aromatic carbocycles. The van der Waals surface area contributed by atoms with Crippen LogP contribution in [-0.4, -0.2) is 0 Å². The number of benzene rings is 10. The molecular weight excluding hydrogens is 763 g/mol. The molecule has 0 aromatic heterocycles. The Balaban J connectivity index is 1.08. The van der Waals surface area contributed by atoms with Crippen molar-refractivity contribution in [2.24, 2.45) is 0 Å². The van der Waals surface area contributed by atoms with Crippen molar-refractivity contribution in [1.29, 1.82) is 0 Å². The van der Waals surface area contributed by atoms with E-state index in [4.69, 9.17) is 4.74 Å². The van der Waals surface area contributed by atoms with E-state index in [2.05, 4.69) is 254 Å². The fourth-order valence-corrected chi connectivity index (χ4v) is 10.2. The molecule has 0 bridgehead atoms. The highest BCUT2D eigenvalue weighted by Gasteiger charge is 2.46. The highest BCUT2D eigenvalue weighted by molar-refractivity contribution is 5.98. The summed E-state index contributed by atoms with van der Waals surface area (Å²) in [6, 6.07) is 90.0. The summed E-state index contributed by atoms with van der Waals surface area (Å²) in [6.45, 7) is 0. The summed E-state index contributed by atoms with van der Waals surface area (Å²) in [5.41, 5.74) is 19.2. The SMILES string of the molecule is c1ccc(-c2ccc(N(c3ccc4c(c3)Oc3cccc(-c5ccccc5)c3-c3ccccc3-4)c3ccc4c(c3)C(c3ccccc3)(c3ccccc3)c3ccccc3-4)cc2)cc1. The highest BCUT2D eigenvalue weighted by atomic mass is 16.5. The smallest absolute Gasteiger partial charge is 0.137 e. The van der Waals surface area contributed by atoms with E-state index in [9.17, 15) is 0 Å². The van der Waals surface area contributed by atoms with Crippen LogP contribution in [0.15, 0.2) is 249 Å². The molecule has 2 aliphatic rings. The predicted molar refractivity (Wildman–Crippen MR) is 260 cm³/mol. The largest absolute Gasteiger partial charge is 0.456 e. The van der Waals surface area contributed by atoms with Gasteiger partial charge in [0, 0.05) is 34.3 Å². The second kappa shape index (κ2) is 15.1. The summed E-state index contributed by atoms with van der Waals surface area (Å²) in [5, 5.41) is 0. The van der Waals surface area contributed by atoms with Crippen molar-refractivity contribution in [2.45, 2.75) is 5.41 Å². The molecule has 0 fully saturated rings. The quantitative estimate of drug-likeness (QED) is 0.159. The summed E-state index contributed by atoms with van der Waals surface area (Å²) in [7, 11) is 0. The summed E-state index contributed by atoms with van der Waals surface area (Å²) in [6.07, 6.45) is 0. The molecule has 10 aromatic rings. The summed E-state index contributed by atoms with van der Waals surface area (Å²) < 4.78 is 7.13. The molecule has 0 unspecified atom stereocenters. The van der Waals surface area contributed by atoms with Gasteiger partial charge < -0.3 is 9.64 Å². The highest BCUT2D eigenvalue weighted by Crippen LogP contribution is 2.58. The van der Waals surface area contributed by atoms with Gasteiger partial charge in [0.1, 0.15) is 11.5 Å².